The topological polar surface area (TPSA) is 76.0 Å². The van der Waals surface area contributed by atoms with Crippen molar-refractivity contribution < 1.29 is 18.4 Å². The Balaban J connectivity index is 1.53. The summed E-state index contributed by atoms with van der Waals surface area (Å²) in [6, 6.07) is 11.2. The van der Waals surface area contributed by atoms with Crippen molar-refractivity contribution in [1.29, 1.82) is 0 Å². The average molecular weight is 433 g/mol. The molecule has 30 heavy (non-hydrogen) atoms. The zero-order chi connectivity index (χ0) is 21.7. The number of nitrogens with zero attached hydrogens (tertiary/aromatic N) is 2. The highest BCUT2D eigenvalue weighted by Crippen LogP contribution is 2.23. The Kier molecular flexibility index (Phi) is 6.79. The van der Waals surface area contributed by atoms with Crippen molar-refractivity contribution in [3.8, 4) is 5.69 Å². The van der Waals surface area contributed by atoms with Gasteiger partial charge in [-0.15, -0.1) is 0 Å². The lowest BCUT2D eigenvalue weighted by atomic mass is 10.1. The normalized spacial score (nSPS) is 10.7. The van der Waals surface area contributed by atoms with E-state index in [0.717, 1.165) is 0 Å². The van der Waals surface area contributed by atoms with Gasteiger partial charge in [0.1, 0.15) is 16.8 Å². The molecule has 1 aromatic heterocycles. The molecule has 3 aromatic rings. The summed E-state index contributed by atoms with van der Waals surface area (Å²) in [5, 5.41) is 9.72. The summed E-state index contributed by atoms with van der Waals surface area (Å²) >= 11 is 6.31. The van der Waals surface area contributed by atoms with E-state index in [4.69, 9.17) is 11.6 Å². The van der Waals surface area contributed by atoms with E-state index in [1.54, 1.807) is 19.1 Å². The molecule has 156 valence electrons. The molecule has 0 saturated heterocycles. The van der Waals surface area contributed by atoms with Gasteiger partial charge in [0.15, 0.2) is 0 Å². The third-order valence-corrected chi connectivity index (χ3v) is 4.66. The van der Waals surface area contributed by atoms with Crippen molar-refractivity contribution in [2.24, 2.45) is 0 Å². The molecule has 0 bridgehead atoms. The number of amides is 2. The molecule has 0 saturated carbocycles. The Morgan fingerprint density at radius 1 is 0.967 bits per heavy atom. The molecule has 0 aliphatic rings. The Morgan fingerprint density at radius 3 is 2.17 bits per heavy atom. The van der Waals surface area contributed by atoms with Crippen LogP contribution in [0, 0.1) is 18.6 Å². The zero-order valence-electron chi connectivity index (χ0n) is 16.1. The number of hydrogen-bond donors (Lipinski definition) is 2. The molecule has 0 radical (unpaired) electrons. The molecule has 0 aliphatic carbocycles. The van der Waals surface area contributed by atoms with Crippen molar-refractivity contribution in [3.63, 3.8) is 0 Å². The minimum absolute atomic E-state index is 0.108. The summed E-state index contributed by atoms with van der Waals surface area (Å²) in [4.78, 5) is 24.4. The molecule has 0 unspecified atom stereocenters. The van der Waals surface area contributed by atoms with Crippen LogP contribution in [0.25, 0.3) is 5.69 Å². The van der Waals surface area contributed by atoms with Crippen LogP contribution in [-0.4, -0.2) is 34.7 Å². The molecule has 2 amide bonds. The molecule has 0 atom stereocenters. The zero-order valence-corrected chi connectivity index (χ0v) is 16.8. The summed E-state index contributed by atoms with van der Waals surface area (Å²) in [6.07, 6.45) is 0.115. The van der Waals surface area contributed by atoms with Gasteiger partial charge in [-0.25, -0.2) is 13.5 Å². The maximum Gasteiger partial charge on any atom is 0.256 e. The lowest BCUT2D eigenvalue weighted by molar-refractivity contribution is -0.120. The molecule has 3 rings (SSSR count). The van der Waals surface area contributed by atoms with E-state index in [1.165, 1.54) is 41.1 Å². The number of carbonyl (C=O) groups is 2. The van der Waals surface area contributed by atoms with Gasteiger partial charge < -0.3 is 10.6 Å². The standard InChI is InChI=1S/C21H19ClF2N4O2/c1-13-19(20(22)28(27-13)17-8-6-16(24)7-9-17)21(30)26-11-10-25-18(29)12-14-2-4-15(23)5-3-14/h2-9H,10-12H2,1H3,(H,25,29)(H,26,30). The Hall–Kier alpha value is -3.26. The van der Waals surface area contributed by atoms with Gasteiger partial charge in [0.2, 0.25) is 5.91 Å². The van der Waals surface area contributed by atoms with Crippen LogP contribution in [0.3, 0.4) is 0 Å². The quantitative estimate of drug-likeness (QED) is 0.563. The number of aromatic nitrogens is 2. The number of benzene rings is 2. The molecule has 0 aliphatic heterocycles. The van der Waals surface area contributed by atoms with Crippen LogP contribution in [0.15, 0.2) is 48.5 Å². The molecule has 1 heterocycles. The van der Waals surface area contributed by atoms with Crippen molar-refractivity contribution in [1.82, 2.24) is 20.4 Å². The van der Waals surface area contributed by atoms with Crippen LogP contribution in [-0.2, 0) is 11.2 Å². The first-order chi connectivity index (χ1) is 14.3. The van der Waals surface area contributed by atoms with Gasteiger partial charge >= 0.3 is 0 Å². The van der Waals surface area contributed by atoms with Gasteiger partial charge in [-0.1, -0.05) is 23.7 Å². The van der Waals surface area contributed by atoms with Crippen molar-refractivity contribution in [2.75, 3.05) is 13.1 Å². The number of hydrogen-bond acceptors (Lipinski definition) is 3. The summed E-state index contributed by atoms with van der Waals surface area (Å²) in [6.45, 7) is 2.05. The number of rotatable bonds is 7. The van der Waals surface area contributed by atoms with Crippen molar-refractivity contribution in [3.05, 3.63) is 82.1 Å². The fourth-order valence-electron chi connectivity index (χ4n) is 2.83. The Morgan fingerprint density at radius 2 is 1.53 bits per heavy atom. The van der Waals surface area contributed by atoms with E-state index in [1.807, 2.05) is 0 Å². The number of halogens is 3. The van der Waals surface area contributed by atoms with Crippen LogP contribution in [0.2, 0.25) is 5.15 Å². The first-order valence-electron chi connectivity index (χ1n) is 9.15. The predicted octanol–water partition coefficient (Wildman–Crippen LogP) is 3.20. The summed E-state index contributed by atoms with van der Waals surface area (Å²) in [5.41, 5.74) is 1.84. The highest BCUT2D eigenvalue weighted by atomic mass is 35.5. The lowest BCUT2D eigenvalue weighted by Gasteiger charge is -2.08. The smallest absolute Gasteiger partial charge is 0.256 e. The predicted molar refractivity (Wildman–Crippen MR) is 109 cm³/mol. The molecule has 0 spiro atoms. The molecule has 0 fully saturated rings. The SMILES string of the molecule is Cc1nn(-c2ccc(F)cc2)c(Cl)c1C(=O)NCCNC(=O)Cc1ccc(F)cc1. The van der Waals surface area contributed by atoms with Crippen molar-refractivity contribution in [2.45, 2.75) is 13.3 Å². The number of carbonyl (C=O) groups excluding carboxylic acids is 2. The van der Waals surface area contributed by atoms with Gasteiger partial charge in [0, 0.05) is 13.1 Å². The Bertz CT molecular complexity index is 1050. The van der Waals surface area contributed by atoms with Gasteiger partial charge in [-0.2, -0.15) is 5.10 Å². The van der Waals surface area contributed by atoms with Crippen LogP contribution in [0.1, 0.15) is 21.6 Å². The van der Waals surface area contributed by atoms with Gasteiger partial charge in [0.25, 0.3) is 5.91 Å². The van der Waals surface area contributed by atoms with Crippen LogP contribution < -0.4 is 10.6 Å². The molecular formula is C21H19ClF2N4O2. The highest BCUT2D eigenvalue weighted by Gasteiger charge is 2.21. The number of nitrogens with one attached hydrogen (secondary N) is 2. The summed E-state index contributed by atoms with van der Waals surface area (Å²) < 4.78 is 27.4. The van der Waals surface area contributed by atoms with E-state index in [0.29, 0.717) is 16.9 Å². The second-order valence-electron chi connectivity index (χ2n) is 6.55. The summed E-state index contributed by atoms with van der Waals surface area (Å²) in [7, 11) is 0. The summed E-state index contributed by atoms with van der Waals surface area (Å²) in [5.74, 6) is -1.43. The van der Waals surface area contributed by atoms with Crippen LogP contribution >= 0.6 is 11.6 Å². The monoisotopic (exact) mass is 432 g/mol. The van der Waals surface area contributed by atoms with E-state index in [9.17, 15) is 18.4 Å². The highest BCUT2D eigenvalue weighted by molar-refractivity contribution is 6.33. The van der Waals surface area contributed by atoms with Gasteiger partial charge in [-0.05, 0) is 48.9 Å². The Labute approximate surface area is 176 Å². The van der Waals surface area contributed by atoms with E-state index >= 15 is 0 Å². The third-order valence-electron chi connectivity index (χ3n) is 4.31. The van der Waals surface area contributed by atoms with Crippen LogP contribution in [0.4, 0.5) is 8.78 Å². The average Bonchev–Trinajstić information content (AvgIpc) is 3.01. The van der Waals surface area contributed by atoms with Crippen LogP contribution in [0.5, 0.6) is 0 Å². The molecule has 2 aromatic carbocycles. The number of aryl methyl sites for hydroxylation is 1. The lowest BCUT2D eigenvalue weighted by Crippen LogP contribution is -2.35. The minimum atomic E-state index is -0.432. The molecule has 9 heteroatoms. The van der Waals surface area contributed by atoms with E-state index in [2.05, 4.69) is 15.7 Å². The van der Waals surface area contributed by atoms with Gasteiger partial charge in [-0.3, -0.25) is 9.59 Å². The first kappa shape index (κ1) is 21.4. The van der Waals surface area contributed by atoms with Crippen molar-refractivity contribution >= 4 is 23.4 Å². The maximum atomic E-state index is 13.1. The van der Waals surface area contributed by atoms with E-state index in [-0.39, 0.29) is 42.0 Å². The molecular weight excluding hydrogens is 414 g/mol. The fourth-order valence-corrected chi connectivity index (χ4v) is 3.18. The minimum Gasteiger partial charge on any atom is -0.354 e. The largest absolute Gasteiger partial charge is 0.354 e. The third kappa shape index (κ3) is 5.21. The fraction of sp³-hybridized carbons (Fsp3) is 0.190. The van der Waals surface area contributed by atoms with Gasteiger partial charge in [0.05, 0.1) is 23.4 Å². The maximum absolute atomic E-state index is 13.1. The second-order valence-corrected chi connectivity index (χ2v) is 6.91. The molecule has 6 nitrogen and oxygen atoms in total. The molecule has 2 N–H and O–H groups in total. The first-order valence-corrected chi connectivity index (χ1v) is 9.53. The van der Waals surface area contributed by atoms with E-state index < -0.39 is 11.7 Å². The second kappa shape index (κ2) is 9.49.